The summed E-state index contributed by atoms with van der Waals surface area (Å²) in [6, 6.07) is 8.55. The quantitative estimate of drug-likeness (QED) is 0.204. The van der Waals surface area contributed by atoms with Crippen molar-refractivity contribution in [3.8, 4) is 0 Å². The van der Waals surface area contributed by atoms with Crippen LogP contribution in [0.5, 0.6) is 0 Å². The molecule has 0 N–H and O–H groups in total. The van der Waals surface area contributed by atoms with Crippen molar-refractivity contribution in [1.29, 1.82) is 0 Å². The Hall–Kier alpha value is -0.490. The molecule has 0 spiro atoms. The zero-order valence-electron chi connectivity index (χ0n) is 22.6. The van der Waals surface area contributed by atoms with E-state index in [4.69, 9.17) is 11.6 Å². The van der Waals surface area contributed by atoms with E-state index in [9.17, 15) is 0 Å². The molecule has 2 aliphatic carbocycles. The highest BCUT2D eigenvalue weighted by atomic mass is 35.5. The van der Waals surface area contributed by atoms with E-state index in [0.717, 1.165) is 22.8 Å². The van der Waals surface area contributed by atoms with Crippen LogP contribution in [-0.4, -0.2) is 0 Å². The molecule has 0 amide bonds. The van der Waals surface area contributed by atoms with Crippen molar-refractivity contribution in [3.63, 3.8) is 0 Å². The van der Waals surface area contributed by atoms with Gasteiger partial charge in [0.2, 0.25) is 0 Å². The van der Waals surface area contributed by atoms with Gasteiger partial charge in [0.15, 0.2) is 0 Å². The summed E-state index contributed by atoms with van der Waals surface area (Å²) in [4.78, 5) is 0. The number of rotatable bonds is 16. The molecule has 0 saturated heterocycles. The fourth-order valence-corrected chi connectivity index (χ4v) is 7.40. The summed E-state index contributed by atoms with van der Waals surface area (Å²) in [5.41, 5.74) is 1.41. The van der Waals surface area contributed by atoms with Crippen LogP contribution in [0.25, 0.3) is 0 Å². The van der Waals surface area contributed by atoms with Gasteiger partial charge in [0.1, 0.15) is 0 Å². The van der Waals surface area contributed by atoms with Gasteiger partial charge in [-0.15, -0.1) is 0 Å². The fourth-order valence-electron chi connectivity index (χ4n) is 7.11. The number of hydrogen-bond donors (Lipinski definition) is 0. The molecular formula is C33H55Cl. The van der Waals surface area contributed by atoms with E-state index in [1.807, 2.05) is 0 Å². The van der Waals surface area contributed by atoms with Crippen LogP contribution in [0.15, 0.2) is 24.3 Å². The van der Waals surface area contributed by atoms with Gasteiger partial charge in [0.05, 0.1) is 0 Å². The van der Waals surface area contributed by atoms with Crippen LogP contribution < -0.4 is 0 Å². The van der Waals surface area contributed by atoms with Gasteiger partial charge in [-0.2, -0.15) is 0 Å². The first kappa shape index (κ1) is 28.1. The Bertz CT molecular complexity index is 621. The average Bonchev–Trinajstić information content (AvgIpc) is 2.88. The molecule has 0 atom stereocenters. The molecule has 0 unspecified atom stereocenters. The fraction of sp³-hybridized carbons (Fsp3) is 0.818. The first-order chi connectivity index (χ1) is 16.8. The molecule has 2 saturated carbocycles. The largest absolute Gasteiger partial charge is 0.0840 e. The van der Waals surface area contributed by atoms with Gasteiger partial charge in [0, 0.05) is 5.02 Å². The standard InChI is InChI=1S/C33H55Cl/c1-2-3-4-5-6-7-8-9-10-11-12-13-14-17-28-20-22-29(23-21-28)30-24-26-31(27-25-30)32-18-15-16-19-33(32)34/h15-16,18-19,28-31H,2-14,17,20-27H2,1H3. The van der Waals surface area contributed by atoms with Gasteiger partial charge < -0.3 is 0 Å². The maximum absolute atomic E-state index is 6.47. The van der Waals surface area contributed by atoms with Gasteiger partial charge in [-0.05, 0) is 73.8 Å². The highest BCUT2D eigenvalue weighted by molar-refractivity contribution is 6.31. The zero-order chi connectivity index (χ0) is 23.8. The molecule has 0 aliphatic heterocycles. The van der Waals surface area contributed by atoms with Crippen LogP contribution >= 0.6 is 11.6 Å². The lowest BCUT2D eigenvalue weighted by Crippen LogP contribution is -2.25. The van der Waals surface area contributed by atoms with Gasteiger partial charge in [0.25, 0.3) is 0 Å². The lowest BCUT2D eigenvalue weighted by molar-refractivity contribution is 0.155. The van der Waals surface area contributed by atoms with E-state index in [1.54, 1.807) is 0 Å². The molecule has 194 valence electrons. The van der Waals surface area contributed by atoms with E-state index in [0.29, 0.717) is 5.92 Å². The minimum absolute atomic E-state index is 0.705. The van der Waals surface area contributed by atoms with Crippen LogP contribution in [0.2, 0.25) is 5.02 Å². The molecule has 1 aromatic carbocycles. The third kappa shape index (κ3) is 10.2. The Morgan fingerprint density at radius 3 is 1.59 bits per heavy atom. The van der Waals surface area contributed by atoms with Crippen molar-refractivity contribution in [2.75, 3.05) is 0 Å². The summed E-state index contributed by atoms with van der Waals surface area (Å²) in [7, 11) is 0. The summed E-state index contributed by atoms with van der Waals surface area (Å²) in [5, 5.41) is 0.986. The van der Waals surface area contributed by atoms with Crippen LogP contribution in [0.3, 0.4) is 0 Å². The van der Waals surface area contributed by atoms with Crippen molar-refractivity contribution < 1.29 is 0 Å². The number of halogens is 1. The van der Waals surface area contributed by atoms with Gasteiger partial charge >= 0.3 is 0 Å². The van der Waals surface area contributed by atoms with Crippen LogP contribution in [0.4, 0.5) is 0 Å². The Balaban J connectivity index is 1.15. The van der Waals surface area contributed by atoms with Crippen molar-refractivity contribution in [1.82, 2.24) is 0 Å². The SMILES string of the molecule is CCCCCCCCCCCCCCCC1CCC(C2CCC(c3ccccc3Cl)CC2)CC1. The van der Waals surface area contributed by atoms with Crippen LogP contribution in [0.1, 0.15) is 160 Å². The highest BCUT2D eigenvalue weighted by Crippen LogP contribution is 2.45. The maximum atomic E-state index is 6.47. The van der Waals surface area contributed by atoms with E-state index in [2.05, 4.69) is 31.2 Å². The summed E-state index contributed by atoms with van der Waals surface area (Å²) in [6.07, 6.45) is 32.3. The van der Waals surface area contributed by atoms with E-state index in [1.165, 1.54) is 147 Å². The topological polar surface area (TPSA) is 0 Å². The summed E-state index contributed by atoms with van der Waals surface area (Å²) in [5.74, 6) is 3.77. The second kappa shape index (κ2) is 17.1. The summed E-state index contributed by atoms with van der Waals surface area (Å²) >= 11 is 6.47. The number of benzene rings is 1. The number of hydrogen-bond acceptors (Lipinski definition) is 0. The molecule has 0 heterocycles. The Kier molecular flexibility index (Phi) is 14.1. The van der Waals surface area contributed by atoms with E-state index < -0.39 is 0 Å². The molecule has 2 fully saturated rings. The van der Waals surface area contributed by atoms with Crippen molar-refractivity contribution in [3.05, 3.63) is 34.9 Å². The van der Waals surface area contributed by atoms with Gasteiger partial charge in [-0.25, -0.2) is 0 Å². The Labute approximate surface area is 218 Å². The monoisotopic (exact) mass is 486 g/mol. The summed E-state index contributed by atoms with van der Waals surface area (Å²) < 4.78 is 0. The maximum Gasteiger partial charge on any atom is 0.0440 e. The molecular weight excluding hydrogens is 432 g/mol. The first-order valence-corrected chi connectivity index (χ1v) is 15.9. The Morgan fingerprint density at radius 1 is 0.588 bits per heavy atom. The second-order valence-corrected chi connectivity index (χ2v) is 12.4. The van der Waals surface area contributed by atoms with Crippen molar-refractivity contribution >= 4 is 11.6 Å². The van der Waals surface area contributed by atoms with Gasteiger partial charge in [-0.3, -0.25) is 0 Å². The number of unbranched alkanes of at least 4 members (excludes halogenated alkanes) is 12. The molecule has 0 nitrogen and oxygen atoms in total. The molecule has 1 aromatic rings. The van der Waals surface area contributed by atoms with Crippen molar-refractivity contribution in [2.24, 2.45) is 17.8 Å². The predicted molar refractivity (Wildman–Crippen MR) is 152 cm³/mol. The molecule has 34 heavy (non-hydrogen) atoms. The Morgan fingerprint density at radius 2 is 1.06 bits per heavy atom. The molecule has 0 bridgehead atoms. The third-order valence-corrected chi connectivity index (χ3v) is 9.74. The van der Waals surface area contributed by atoms with Gasteiger partial charge in [-0.1, -0.05) is 139 Å². The smallest absolute Gasteiger partial charge is 0.0440 e. The third-order valence-electron chi connectivity index (χ3n) is 9.39. The van der Waals surface area contributed by atoms with Crippen molar-refractivity contribution in [2.45, 2.75) is 154 Å². The lowest BCUT2D eigenvalue weighted by Gasteiger charge is -2.38. The average molecular weight is 487 g/mol. The highest BCUT2D eigenvalue weighted by Gasteiger charge is 2.31. The van der Waals surface area contributed by atoms with E-state index in [-0.39, 0.29) is 0 Å². The zero-order valence-corrected chi connectivity index (χ0v) is 23.3. The minimum Gasteiger partial charge on any atom is -0.0840 e. The van der Waals surface area contributed by atoms with E-state index >= 15 is 0 Å². The molecule has 0 aromatic heterocycles. The first-order valence-electron chi connectivity index (χ1n) is 15.5. The van der Waals surface area contributed by atoms with Crippen LogP contribution in [0, 0.1) is 17.8 Å². The van der Waals surface area contributed by atoms with Crippen LogP contribution in [-0.2, 0) is 0 Å². The predicted octanol–water partition coefficient (Wildman–Crippen LogP) is 11.9. The lowest BCUT2D eigenvalue weighted by atomic mass is 9.68. The molecule has 2 aliphatic rings. The molecule has 3 rings (SSSR count). The summed E-state index contributed by atoms with van der Waals surface area (Å²) in [6.45, 7) is 2.31. The molecule has 0 radical (unpaired) electrons. The second-order valence-electron chi connectivity index (χ2n) is 11.9. The normalized spacial score (nSPS) is 25.5. The minimum atomic E-state index is 0.705. The molecule has 1 heteroatoms.